The van der Waals surface area contributed by atoms with Crippen LogP contribution >= 0.6 is 22.7 Å². The number of para-hydroxylation sites is 1. The van der Waals surface area contributed by atoms with Crippen LogP contribution in [0.1, 0.15) is 34.6 Å². The second-order valence-electron chi connectivity index (χ2n) is 8.69. The van der Waals surface area contributed by atoms with Gasteiger partial charge in [-0.2, -0.15) is 0 Å². The largest absolute Gasteiger partial charge is 0.384 e. The van der Waals surface area contributed by atoms with Crippen LogP contribution in [0.2, 0.25) is 0 Å². The fraction of sp³-hybridized carbons (Fsp3) is 0.308. The van der Waals surface area contributed by atoms with Crippen molar-refractivity contribution in [2.75, 3.05) is 30.3 Å². The monoisotopic (exact) mass is 491 g/mol. The van der Waals surface area contributed by atoms with E-state index in [4.69, 9.17) is 4.98 Å². The lowest BCUT2D eigenvalue weighted by Gasteiger charge is -2.13. The Morgan fingerprint density at radius 1 is 1.09 bits per heavy atom. The van der Waals surface area contributed by atoms with Gasteiger partial charge in [0.15, 0.2) is 0 Å². The summed E-state index contributed by atoms with van der Waals surface area (Å²) in [7, 11) is 0. The third kappa shape index (κ3) is 5.00. The molecule has 2 aromatic heterocycles. The van der Waals surface area contributed by atoms with Gasteiger partial charge in [-0.3, -0.25) is 4.79 Å². The minimum Gasteiger partial charge on any atom is -0.384 e. The maximum atomic E-state index is 13.2. The molecule has 8 heteroatoms. The van der Waals surface area contributed by atoms with E-state index in [0.717, 1.165) is 64.1 Å². The van der Waals surface area contributed by atoms with Crippen LogP contribution in [0.25, 0.3) is 20.8 Å². The van der Waals surface area contributed by atoms with E-state index in [1.54, 1.807) is 22.7 Å². The number of benzene rings is 2. The summed E-state index contributed by atoms with van der Waals surface area (Å²) in [5, 5.41) is 15.3. The van der Waals surface area contributed by atoms with Crippen LogP contribution in [-0.2, 0) is 13.0 Å². The first-order chi connectivity index (χ1) is 16.6. The van der Waals surface area contributed by atoms with E-state index < -0.39 is 0 Å². The molecule has 0 atom stereocenters. The molecule has 5 rings (SSSR count). The van der Waals surface area contributed by atoms with Crippen molar-refractivity contribution in [2.24, 2.45) is 0 Å². The van der Waals surface area contributed by atoms with Crippen molar-refractivity contribution in [3.8, 4) is 10.6 Å². The molecule has 0 saturated heterocycles. The lowest BCUT2D eigenvalue weighted by atomic mass is 10.0. The Morgan fingerprint density at radius 3 is 2.71 bits per heavy atom. The summed E-state index contributed by atoms with van der Waals surface area (Å²) in [5.41, 5.74) is 5.06. The first kappa shape index (κ1) is 23.0. The number of carbonyl (C=O) groups excluding carboxylic acids is 1. The van der Waals surface area contributed by atoms with Gasteiger partial charge in [0.2, 0.25) is 0 Å². The highest BCUT2D eigenvalue weighted by atomic mass is 32.1. The van der Waals surface area contributed by atoms with Crippen molar-refractivity contribution >= 4 is 49.5 Å². The first-order valence-electron chi connectivity index (χ1n) is 11.7. The Balaban J connectivity index is 1.36. The normalized spacial score (nSPS) is 13.3. The van der Waals surface area contributed by atoms with Crippen LogP contribution < -0.4 is 21.3 Å². The summed E-state index contributed by atoms with van der Waals surface area (Å²) in [4.78, 5) is 19.3. The Labute approximate surface area is 207 Å². The fourth-order valence-electron chi connectivity index (χ4n) is 4.11. The number of rotatable bonds is 8. The van der Waals surface area contributed by atoms with Gasteiger partial charge >= 0.3 is 0 Å². The maximum absolute atomic E-state index is 13.2. The van der Waals surface area contributed by atoms with Gasteiger partial charge in [-0.05, 0) is 54.9 Å². The summed E-state index contributed by atoms with van der Waals surface area (Å²) in [5.74, 6) is -0.0954. The fourth-order valence-corrected chi connectivity index (χ4v) is 6.43. The molecule has 0 aliphatic carbocycles. The second-order valence-corrected chi connectivity index (χ2v) is 10.8. The quantitative estimate of drug-likeness (QED) is 0.251. The molecule has 0 fully saturated rings. The van der Waals surface area contributed by atoms with E-state index >= 15 is 0 Å². The zero-order chi connectivity index (χ0) is 23.5. The van der Waals surface area contributed by atoms with Crippen molar-refractivity contribution in [3.05, 3.63) is 64.5 Å². The predicted molar refractivity (Wildman–Crippen MR) is 144 cm³/mol. The summed E-state index contributed by atoms with van der Waals surface area (Å²) in [6, 6.07) is 16.3. The van der Waals surface area contributed by atoms with E-state index in [1.165, 1.54) is 10.4 Å². The highest BCUT2D eigenvalue weighted by Gasteiger charge is 2.25. The summed E-state index contributed by atoms with van der Waals surface area (Å²) < 4.78 is 1.16. The number of nitrogens with zero attached hydrogens (tertiary/aromatic N) is 1. The molecule has 0 spiro atoms. The number of hydrogen-bond donors (Lipinski definition) is 4. The summed E-state index contributed by atoms with van der Waals surface area (Å²) in [6.45, 7) is 7.78. The van der Waals surface area contributed by atoms with Gasteiger partial charge in [0.05, 0.1) is 10.2 Å². The van der Waals surface area contributed by atoms with E-state index in [9.17, 15) is 4.79 Å². The minimum absolute atomic E-state index is 0.0954. The number of nitrogens with one attached hydrogen (secondary N) is 4. The van der Waals surface area contributed by atoms with Gasteiger partial charge in [-0.25, -0.2) is 4.98 Å². The van der Waals surface area contributed by atoms with Crippen LogP contribution in [0.4, 0.5) is 10.7 Å². The number of amides is 1. The number of thiazole rings is 1. The van der Waals surface area contributed by atoms with Crippen LogP contribution in [0.5, 0.6) is 0 Å². The molecule has 2 aromatic carbocycles. The van der Waals surface area contributed by atoms with Gasteiger partial charge in [0.25, 0.3) is 5.91 Å². The van der Waals surface area contributed by atoms with E-state index in [-0.39, 0.29) is 5.91 Å². The number of hydrogen-bond acceptors (Lipinski definition) is 7. The van der Waals surface area contributed by atoms with Crippen molar-refractivity contribution in [1.29, 1.82) is 0 Å². The number of thiophene rings is 1. The number of anilines is 2. The molecule has 4 N–H and O–H groups in total. The van der Waals surface area contributed by atoms with Gasteiger partial charge in [-0.1, -0.05) is 26.0 Å². The third-order valence-electron chi connectivity index (χ3n) is 5.82. The SMILES string of the molecule is CC(C)NCCNc1ccc(C(=O)Nc2sc3c(c2-c2nc4ccccc4s2)CCNC3)cc1. The van der Waals surface area contributed by atoms with E-state index in [2.05, 4.69) is 41.2 Å². The molecule has 0 bridgehead atoms. The highest BCUT2D eigenvalue weighted by Crippen LogP contribution is 2.44. The Morgan fingerprint density at radius 2 is 1.91 bits per heavy atom. The number of fused-ring (bicyclic) bond motifs is 2. The molecular weight excluding hydrogens is 462 g/mol. The smallest absolute Gasteiger partial charge is 0.256 e. The summed E-state index contributed by atoms with van der Waals surface area (Å²) >= 11 is 3.35. The molecule has 0 unspecified atom stereocenters. The molecule has 6 nitrogen and oxygen atoms in total. The molecule has 1 amide bonds. The average molecular weight is 492 g/mol. The van der Waals surface area contributed by atoms with E-state index in [1.807, 2.05) is 42.5 Å². The van der Waals surface area contributed by atoms with Crippen LogP contribution in [0, 0.1) is 0 Å². The minimum atomic E-state index is -0.0954. The van der Waals surface area contributed by atoms with Crippen LogP contribution in [0.15, 0.2) is 48.5 Å². The molecule has 176 valence electrons. The summed E-state index contributed by atoms with van der Waals surface area (Å²) in [6.07, 6.45) is 0.943. The molecule has 0 saturated carbocycles. The van der Waals surface area contributed by atoms with Crippen molar-refractivity contribution in [2.45, 2.75) is 32.9 Å². The standard InChI is InChI=1S/C26H29N5OS2/c1-16(2)28-13-14-29-18-9-7-17(8-10-18)24(32)31-26-23(19-11-12-27-15-22(19)34-26)25-30-20-5-3-4-6-21(20)33-25/h3-10,16,27-29H,11-15H2,1-2H3,(H,31,32). The third-order valence-corrected chi connectivity index (χ3v) is 8.02. The van der Waals surface area contributed by atoms with Gasteiger partial charge < -0.3 is 21.3 Å². The van der Waals surface area contributed by atoms with Crippen molar-refractivity contribution < 1.29 is 4.79 Å². The lowest BCUT2D eigenvalue weighted by Crippen LogP contribution is -2.28. The van der Waals surface area contributed by atoms with Crippen LogP contribution in [0.3, 0.4) is 0 Å². The van der Waals surface area contributed by atoms with Crippen molar-refractivity contribution in [3.63, 3.8) is 0 Å². The molecule has 3 heterocycles. The Hall–Kier alpha value is -2.78. The van der Waals surface area contributed by atoms with Crippen LogP contribution in [-0.4, -0.2) is 36.6 Å². The second kappa shape index (κ2) is 10.2. The van der Waals surface area contributed by atoms with Gasteiger partial charge in [-0.15, -0.1) is 22.7 Å². The molecule has 1 aliphatic heterocycles. The zero-order valence-corrected chi connectivity index (χ0v) is 21.0. The zero-order valence-electron chi connectivity index (χ0n) is 19.4. The predicted octanol–water partition coefficient (Wildman–Crippen LogP) is 5.33. The molecule has 34 heavy (non-hydrogen) atoms. The van der Waals surface area contributed by atoms with Gasteiger partial charge in [0.1, 0.15) is 10.0 Å². The number of aromatic nitrogens is 1. The number of carbonyl (C=O) groups is 1. The first-order valence-corrected chi connectivity index (χ1v) is 13.3. The Bertz CT molecular complexity index is 1260. The Kier molecular flexibility index (Phi) is 6.92. The average Bonchev–Trinajstić information content (AvgIpc) is 3.42. The lowest BCUT2D eigenvalue weighted by molar-refractivity contribution is 0.102. The molecule has 4 aromatic rings. The molecular formula is C26H29N5OS2. The van der Waals surface area contributed by atoms with Crippen molar-refractivity contribution in [1.82, 2.24) is 15.6 Å². The topological polar surface area (TPSA) is 78.1 Å². The van der Waals surface area contributed by atoms with E-state index in [0.29, 0.717) is 11.6 Å². The van der Waals surface area contributed by atoms with Gasteiger partial charge in [0, 0.05) is 47.4 Å². The highest BCUT2D eigenvalue weighted by molar-refractivity contribution is 7.23. The maximum Gasteiger partial charge on any atom is 0.256 e. The molecule has 0 radical (unpaired) electrons. The molecule has 1 aliphatic rings.